The van der Waals surface area contributed by atoms with Gasteiger partial charge in [0.15, 0.2) is 5.17 Å². The van der Waals surface area contributed by atoms with Crippen LogP contribution in [0.1, 0.15) is 20.8 Å². The second-order valence-corrected chi connectivity index (χ2v) is 6.83. The van der Waals surface area contributed by atoms with Gasteiger partial charge in [0, 0.05) is 34.6 Å². The standard InChI is InChI=1S/C10H20N2OS2/c1-7(2)9-5-14-10(12-9)11-8(3)6-15(4)13/h7-9H,5-6H2,1-4H3,(H,11,12). The van der Waals surface area contributed by atoms with E-state index in [0.29, 0.717) is 17.7 Å². The van der Waals surface area contributed by atoms with Crippen LogP contribution in [-0.4, -0.2) is 39.2 Å². The topological polar surface area (TPSA) is 41.5 Å². The highest BCUT2D eigenvalue weighted by Gasteiger charge is 2.21. The highest BCUT2D eigenvalue weighted by Crippen LogP contribution is 2.22. The summed E-state index contributed by atoms with van der Waals surface area (Å²) >= 11 is 1.77. The maximum Gasteiger partial charge on any atom is 0.157 e. The van der Waals surface area contributed by atoms with Gasteiger partial charge >= 0.3 is 0 Å². The molecule has 0 aliphatic carbocycles. The van der Waals surface area contributed by atoms with Crippen LogP contribution in [0.4, 0.5) is 0 Å². The fourth-order valence-corrected chi connectivity index (χ4v) is 3.48. The van der Waals surface area contributed by atoms with Crippen molar-refractivity contribution in [1.82, 2.24) is 5.32 Å². The van der Waals surface area contributed by atoms with E-state index >= 15 is 0 Å². The van der Waals surface area contributed by atoms with Gasteiger partial charge in [-0.3, -0.25) is 9.20 Å². The molecule has 0 spiro atoms. The smallest absolute Gasteiger partial charge is 0.157 e. The van der Waals surface area contributed by atoms with Crippen molar-refractivity contribution in [1.29, 1.82) is 0 Å². The lowest BCUT2D eigenvalue weighted by atomic mass is 10.1. The molecule has 0 saturated carbocycles. The van der Waals surface area contributed by atoms with Crippen molar-refractivity contribution >= 4 is 27.7 Å². The van der Waals surface area contributed by atoms with E-state index in [-0.39, 0.29) is 6.04 Å². The van der Waals surface area contributed by atoms with Crippen molar-refractivity contribution in [2.45, 2.75) is 32.9 Å². The van der Waals surface area contributed by atoms with Crippen LogP contribution >= 0.6 is 11.8 Å². The lowest BCUT2D eigenvalue weighted by molar-refractivity contribution is 0.541. The van der Waals surface area contributed by atoms with E-state index in [9.17, 15) is 4.21 Å². The Morgan fingerprint density at radius 1 is 1.60 bits per heavy atom. The fourth-order valence-electron chi connectivity index (χ4n) is 1.41. The molecule has 0 radical (unpaired) electrons. The van der Waals surface area contributed by atoms with Gasteiger partial charge in [0.2, 0.25) is 0 Å². The van der Waals surface area contributed by atoms with Crippen molar-refractivity contribution in [3.8, 4) is 0 Å². The van der Waals surface area contributed by atoms with E-state index in [1.165, 1.54) is 0 Å². The van der Waals surface area contributed by atoms with E-state index in [4.69, 9.17) is 0 Å². The van der Waals surface area contributed by atoms with Crippen molar-refractivity contribution in [3.63, 3.8) is 0 Å². The van der Waals surface area contributed by atoms with Crippen molar-refractivity contribution in [2.75, 3.05) is 17.8 Å². The van der Waals surface area contributed by atoms with Gasteiger partial charge in [-0.2, -0.15) is 0 Å². The van der Waals surface area contributed by atoms with E-state index in [2.05, 4.69) is 24.2 Å². The Balaban J connectivity index is 2.39. The normalized spacial score (nSPS) is 25.1. The molecule has 3 nitrogen and oxygen atoms in total. The quantitative estimate of drug-likeness (QED) is 0.819. The zero-order chi connectivity index (χ0) is 11.4. The first-order valence-electron chi connectivity index (χ1n) is 5.26. The molecule has 1 N–H and O–H groups in total. The number of hydrogen-bond acceptors (Lipinski definition) is 4. The average Bonchev–Trinajstić information content (AvgIpc) is 2.50. The first-order chi connectivity index (χ1) is 6.99. The van der Waals surface area contributed by atoms with Gasteiger partial charge in [0.05, 0.1) is 6.04 Å². The summed E-state index contributed by atoms with van der Waals surface area (Å²) in [5.74, 6) is 2.36. The molecule has 3 unspecified atom stereocenters. The second-order valence-electron chi connectivity index (χ2n) is 4.34. The predicted octanol–water partition coefficient (Wildman–Crippen LogP) is 1.47. The van der Waals surface area contributed by atoms with E-state index < -0.39 is 10.8 Å². The maximum absolute atomic E-state index is 11.0. The summed E-state index contributed by atoms with van der Waals surface area (Å²) in [5.41, 5.74) is 0. The van der Waals surface area contributed by atoms with Gasteiger partial charge in [-0.05, 0) is 12.8 Å². The Labute approximate surface area is 99.0 Å². The van der Waals surface area contributed by atoms with Gasteiger partial charge in [-0.25, -0.2) is 0 Å². The van der Waals surface area contributed by atoms with Crippen molar-refractivity contribution < 1.29 is 4.21 Å². The molecular weight excluding hydrogens is 228 g/mol. The number of nitrogens with zero attached hydrogens (tertiary/aromatic N) is 1. The molecule has 5 heteroatoms. The highest BCUT2D eigenvalue weighted by molar-refractivity contribution is 8.14. The van der Waals surface area contributed by atoms with Gasteiger partial charge in [0.1, 0.15) is 0 Å². The maximum atomic E-state index is 11.0. The van der Waals surface area contributed by atoms with Crippen LogP contribution in [-0.2, 0) is 10.8 Å². The Morgan fingerprint density at radius 2 is 2.27 bits per heavy atom. The third-order valence-electron chi connectivity index (χ3n) is 2.30. The van der Waals surface area contributed by atoms with Crippen molar-refractivity contribution in [2.24, 2.45) is 10.9 Å². The SMILES string of the molecule is CC(CS(C)=O)NC1=NC(C(C)C)CS1. The lowest BCUT2D eigenvalue weighted by Gasteiger charge is -2.12. The summed E-state index contributed by atoms with van der Waals surface area (Å²) in [6.07, 6.45) is 1.73. The molecule has 1 rings (SSSR count). The molecule has 0 aromatic heterocycles. The van der Waals surface area contributed by atoms with Gasteiger partial charge in [-0.15, -0.1) is 0 Å². The minimum atomic E-state index is -0.740. The van der Waals surface area contributed by atoms with Crippen LogP contribution in [0.2, 0.25) is 0 Å². The predicted molar refractivity (Wildman–Crippen MR) is 70.1 cm³/mol. The summed E-state index contributed by atoms with van der Waals surface area (Å²) < 4.78 is 11.0. The fraction of sp³-hybridized carbons (Fsp3) is 0.900. The van der Waals surface area contributed by atoms with Crippen LogP contribution in [0.5, 0.6) is 0 Å². The van der Waals surface area contributed by atoms with Crippen LogP contribution in [0.15, 0.2) is 4.99 Å². The summed E-state index contributed by atoms with van der Waals surface area (Å²) in [7, 11) is -0.740. The minimum absolute atomic E-state index is 0.244. The lowest BCUT2D eigenvalue weighted by Crippen LogP contribution is -2.34. The summed E-state index contributed by atoms with van der Waals surface area (Å²) in [6.45, 7) is 6.44. The highest BCUT2D eigenvalue weighted by atomic mass is 32.2. The number of amidine groups is 1. The van der Waals surface area contributed by atoms with E-state index in [0.717, 1.165) is 10.9 Å². The monoisotopic (exact) mass is 248 g/mol. The first kappa shape index (κ1) is 13.0. The van der Waals surface area contributed by atoms with Gasteiger partial charge < -0.3 is 5.32 Å². The molecule has 3 atom stereocenters. The van der Waals surface area contributed by atoms with Gasteiger partial charge in [-0.1, -0.05) is 25.6 Å². The zero-order valence-electron chi connectivity index (χ0n) is 9.82. The second kappa shape index (κ2) is 5.89. The number of nitrogens with one attached hydrogen (secondary N) is 1. The third-order valence-corrected chi connectivity index (χ3v) is 4.27. The molecule has 0 aromatic rings. The minimum Gasteiger partial charge on any atom is -0.362 e. The third kappa shape index (κ3) is 4.55. The Morgan fingerprint density at radius 3 is 2.73 bits per heavy atom. The number of aliphatic imine (C=N–C) groups is 1. The number of rotatable bonds is 4. The van der Waals surface area contributed by atoms with Crippen LogP contribution in [0, 0.1) is 5.92 Å². The molecule has 1 aliphatic rings. The molecular formula is C10H20N2OS2. The zero-order valence-corrected chi connectivity index (χ0v) is 11.5. The van der Waals surface area contributed by atoms with Crippen LogP contribution in [0.25, 0.3) is 0 Å². The molecule has 0 bridgehead atoms. The Bertz CT molecular complexity index is 266. The molecule has 0 saturated heterocycles. The molecule has 0 aromatic carbocycles. The molecule has 1 heterocycles. The van der Waals surface area contributed by atoms with E-state index in [1.807, 2.05) is 6.92 Å². The molecule has 1 aliphatic heterocycles. The Kier molecular flexibility index (Phi) is 5.12. The van der Waals surface area contributed by atoms with E-state index in [1.54, 1.807) is 18.0 Å². The molecule has 0 amide bonds. The molecule has 88 valence electrons. The number of thioether (sulfide) groups is 1. The average molecular weight is 248 g/mol. The molecule has 0 fully saturated rings. The summed E-state index contributed by atoms with van der Waals surface area (Å²) in [6, 6.07) is 0.685. The van der Waals surface area contributed by atoms with Gasteiger partial charge in [0.25, 0.3) is 0 Å². The van der Waals surface area contributed by atoms with Crippen molar-refractivity contribution in [3.05, 3.63) is 0 Å². The van der Waals surface area contributed by atoms with Crippen LogP contribution < -0.4 is 5.32 Å². The first-order valence-corrected chi connectivity index (χ1v) is 7.97. The number of hydrogen-bond donors (Lipinski definition) is 1. The largest absolute Gasteiger partial charge is 0.362 e. The summed E-state index contributed by atoms with van der Waals surface area (Å²) in [5, 5.41) is 4.33. The molecule has 15 heavy (non-hydrogen) atoms. The van der Waals surface area contributed by atoms with Crippen LogP contribution in [0.3, 0.4) is 0 Å². The summed E-state index contributed by atoms with van der Waals surface area (Å²) in [4.78, 5) is 4.60. The Hall–Kier alpha value is -0.0300.